The van der Waals surface area contributed by atoms with Crippen molar-refractivity contribution >= 4 is 126 Å². The van der Waals surface area contributed by atoms with Crippen LogP contribution in [0.15, 0.2) is 93.7 Å². The Morgan fingerprint density at radius 3 is 1.10 bits per heavy atom. The number of hydrogen-bond acceptors (Lipinski definition) is 10. The quantitative estimate of drug-likeness (QED) is 0.167. The first-order chi connectivity index (χ1) is 29.1. The molecule has 6 aromatic heterocycles. The summed E-state index contributed by atoms with van der Waals surface area (Å²) in [7, 11) is 7.06. The minimum absolute atomic E-state index is 0.140. The van der Waals surface area contributed by atoms with Crippen LogP contribution in [0.3, 0.4) is 0 Å². The fraction of sp³-hybridized carbons (Fsp3) is 0.174. The first kappa shape index (κ1) is 36.6. The van der Waals surface area contributed by atoms with Gasteiger partial charge in [0.1, 0.15) is 0 Å². The van der Waals surface area contributed by atoms with Gasteiger partial charge in [-0.05, 0) is 107 Å². The van der Waals surface area contributed by atoms with E-state index in [1.165, 1.54) is 64.5 Å². The molecule has 6 aromatic rings. The van der Waals surface area contributed by atoms with Crippen LogP contribution in [0.2, 0.25) is 0 Å². The Bertz CT molecular complexity index is 2930. The number of allylic oxidation sites excluding steroid dienone is 2. The van der Waals surface area contributed by atoms with Gasteiger partial charge >= 0.3 is 0 Å². The van der Waals surface area contributed by atoms with Gasteiger partial charge in [0.2, 0.25) is 0 Å². The molecule has 0 aromatic carbocycles. The fourth-order valence-corrected chi connectivity index (χ4v) is 16.1. The smallest absolute Gasteiger partial charge is 0.261 e. The van der Waals surface area contributed by atoms with E-state index in [1.54, 1.807) is 70.5 Å². The SMILES string of the molecule is CN1C(=O)C2=C(c3ccc(-c4cc5c(s4)/C(=C4\CCc6cc(-c7ccc(C8=C9C(=O)N(C)C(c%10cccs%10)=C9C(=O)N8C)s7)sc64)CC5)s3)N(C)C(=O)C2=C1c1cccs1. The summed E-state index contributed by atoms with van der Waals surface area (Å²) in [5, 5.41) is 3.94. The zero-order chi connectivity index (χ0) is 40.9. The highest BCUT2D eigenvalue weighted by atomic mass is 32.1. The summed E-state index contributed by atoms with van der Waals surface area (Å²) in [6.07, 6.45) is 4.09. The van der Waals surface area contributed by atoms with E-state index in [2.05, 4.69) is 36.4 Å². The van der Waals surface area contributed by atoms with Crippen LogP contribution in [0.4, 0.5) is 0 Å². The first-order valence-electron chi connectivity index (χ1n) is 19.5. The normalized spacial score (nSPS) is 19.9. The molecule has 0 fully saturated rings. The van der Waals surface area contributed by atoms with E-state index in [0.29, 0.717) is 45.1 Å². The van der Waals surface area contributed by atoms with Gasteiger partial charge in [-0.25, -0.2) is 0 Å². The van der Waals surface area contributed by atoms with Crippen molar-refractivity contribution in [3.63, 3.8) is 0 Å². The molecular formula is C46H32N4O4S6. The average molecular weight is 897 g/mol. The molecule has 0 bridgehead atoms. The molecular weight excluding hydrogens is 865 g/mol. The largest absolute Gasteiger partial charge is 0.309 e. The average Bonchev–Trinajstić information content (AvgIpc) is 4.04. The van der Waals surface area contributed by atoms with E-state index >= 15 is 0 Å². The lowest BCUT2D eigenvalue weighted by molar-refractivity contribution is -0.123. The maximum Gasteiger partial charge on any atom is 0.261 e. The molecule has 2 aliphatic carbocycles. The van der Waals surface area contributed by atoms with Crippen LogP contribution in [0, 0.1) is 0 Å². The number of aryl methyl sites for hydroxylation is 2. The molecule has 10 heterocycles. The van der Waals surface area contributed by atoms with Gasteiger partial charge in [0.15, 0.2) is 0 Å². The van der Waals surface area contributed by atoms with Gasteiger partial charge in [0.05, 0.1) is 64.6 Å². The number of likely N-dealkylation sites (N-methyl/N-ethyl adjacent to an activating group) is 4. The third kappa shape index (κ3) is 4.97. The summed E-state index contributed by atoms with van der Waals surface area (Å²) >= 11 is 10.1. The molecule has 12 rings (SSSR count). The molecule has 0 saturated heterocycles. The number of thiophene rings is 6. The predicted octanol–water partition coefficient (Wildman–Crippen LogP) is 10.3. The van der Waals surface area contributed by atoms with Gasteiger partial charge in [-0.15, -0.1) is 68.0 Å². The highest BCUT2D eigenvalue weighted by Gasteiger charge is 2.49. The number of carbonyl (C=O) groups is 4. The van der Waals surface area contributed by atoms with E-state index < -0.39 is 0 Å². The van der Waals surface area contributed by atoms with Crippen molar-refractivity contribution in [2.45, 2.75) is 25.7 Å². The zero-order valence-electron chi connectivity index (χ0n) is 32.6. The minimum atomic E-state index is -0.140. The molecule has 0 atom stereocenters. The minimum Gasteiger partial charge on any atom is -0.309 e. The molecule has 0 N–H and O–H groups in total. The second-order valence-corrected chi connectivity index (χ2v) is 21.7. The molecule has 6 aliphatic rings. The van der Waals surface area contributed by atoms with Crippen molar-refractivity contribution in [1.82, 2.24) is 19.6 Å². The molecule has 296 valence electrons. The van der Waals surface area contributed by atoms with Gasteiger partial charge in [-0.2, -0.15) is 0 Å². The van der Waals surface area contributed by atoms with Crippen molar-refractivity contribution in [3.8, 4) is 19.5 Å². The second-order valence-electron chi connectivity index (χ2n) is 15.5. The second kappa shape index (κ2) is 13.1. The van der Waals surface area contributed by atoms with Crippen LogP contribution in [0.25, 0.3) is 53.4 Å². The number of amides is 4. The maximum absolute atomic E-state index is 13.7. The summed E-state index contributed by atoms with van der Waals surface area (Å²) < 4.78 is 0. The molecule has 14 heteroatoms. The van der Waals surface area contributed by atoms with Crippen LogP contribution in [-0.2, 0) is 32.0 Å². The number of hydrogen-bond donors (Lipinski definition) is 0. The lowest BCUT2D eigenvalue weighted by Gasteiger charge is -2.18. The Morgan fingerprint density at radius 2 is 0.750 bits per heavy atom. The molecule has 4 amide bonds. The standard InChI is InChI=1S/C46H32N4O4S6/c1-47-37(27-7-5-17-55-27)33-35(45(47)53)39(49(3)43(33)51)29-15-13-25(57-29)31-19-21-9-11-23(41(21)59-31)24-12-10-22-20-32(60-42(22)24)26-14-16-30(58-26)40-36-34(44(52)50(40)4)38(48(2)46(36)54)28-8-6-18-56-28/h5-8,13-20H,9-12H2,1-4H3/b24-23+. The highest BCUT2D eigenvalue weighted by Crippen LogP contribution is 2.54. The van der Waals surface area contributed by atoms with Gasteiger partial charge in [0.25, 0.3) is 23.6 Å². The van der Waals surface area contributed by atoms with Gasteiger partial charge in [0, 0.05) is 57.5 Å². The highest BCUT2D eigenvalue weighted by molar-refractivity contribution is 7.24. The first-order valence-corrected chi connectivity index (χ1v) is 24.5. The summed E-state index contributed by atoms with van der Waals surface area (Å²) in [5.41, 5.74) is 10.5. The van der Waals surface area contributed by atoms with Crippen molar-refractivity contribution < 1.29 is 19.2 Å². The summed E-state index contributed by atoms with van der Waals surface area (Å²) in [5.74, 6) is -0.561. The number of fused-ring (bicyclic) bond motifs is 4. The molecule has 4 aliphatic heterocycles. The van der Waals surface area contributed by atoms with Crippen molar-refractivity contribution in [2.75, 3.05) is 28.2 Å². The zero-order valence-corrected chi connectivity index (χ0v) is 37.5. The number of rotatable bonds is 6. The third-order valence-electron chi connectivity index (χ3n) is 12.4. The van der Waals surface area contributed by atoms with Crippen molar-refractivity contribution in [2.24, 2.45) is 0 Å². The predicted molar refractivity (Wildman–Crippen MR) is 246 cm³/mol. The molecule has 0 radical (unpaired) electrons. The molecule has 60 heavy (non-hydrogen) atoms. The van der Waals surface area contributed by atoms with Crippen molar-refractivity contribution in [1.29, 1.82) is 0 Å². The van der Waals surface area contributed by atoms with Gasteiger partial charge < -0.3 is 19.6 Å². The Morgan fingerprint density at radius 1 is 0.400 bits per heavy atom. The van der Waals surface area contributed by atoms with E-state index in [9.17, 15) is 19.2 Å². The summed E-state index contributed by atoms with van der Waals surface area (Å²) in [6, 6.07) is 20.9. The summed E-state index contributed by atoms with van der Waals surface area (Å²) in [6.45, 7) is 0. The van der Waals surface area contributed by atoms with Crippen LogP contribution >= 0.6 is 68.0 Å². The maximum atomic E-state index is 13.7. The summed E-state index contributed by atoms with van der Waals surface area (Å²) in [4.78, 5) is 72.4. The number of nitrogens with zero attached hydrogens (tertiary/aromatic N) is 4. The monoisotopic (exact) mass is 896 g/mol. The van der Waals surface area contributed by atoms with E-state index in [0.717, 1.165) is 54.9 Å². The third-order valence-corrected chi connectivity index (χ3v) is 19.2. The van der Waals surface area contributed by atoms with E-state index in [1.807, 2.05) is 57.7 Å². The molecule has 8 nitrogen and oxygen atoms in total. The van der Waals surface area contributed by atoms with Gasteiger partial charge in [-0.3, -0.25) is 19.2 Å². The topological polar surface area (TPSA) is 81.2 Å². The Balaban J connectivity index is 0.854. The Labute approximate surface area is 369 Å². The lowest BCUT2D eigenvalue weighted by atomic mass is 10.1. The van der Waals surface area contributed by atoms with E-state index in [-0.39, 0.29) is 23.6 Å². The van der Waals surface area contributed by atoms with Crippen LogP contribution in [-0.4, -0.2) is 71.4 Å². The molecule has 0 spiro atoms. The van der Waals surface area contributed by atoms with Crippen LogP contribution in [0.1, 0.15) is 53.2 Å². The van der Waals surface area contributed by atoms with Crippen molar-refractivity contribution in [3.05, 3.63) is 134 Å². The Kier molecular flexibility index (Phi) is 8.02. The van der Waals surface area contributed by atoms with E-state index in [4.69, 9.17) is 0 Å². The van der Waals surface area contributed by atoms with Crippen LogP contribution in [0.5, 0.6) is 0 Å². The van der Waals surface area contributed by atoms with Gasteiger partial charge in [-0.1, -0.05) is 12.1 Å². The number of carbonyl (C=O) groups excluding carboxylic acids is 4. The molecule has 0 unspecified atom stereocenters. The van der Waals surface area contributed by atoms with Crippen LogP contribution < -0.4 is 0 Å². The Hall–Kier alpha value is -5.22. The lowest BCUT2D eigenvalue weighted by Crippen LogP contribution is -2.24. The fourth-order valence-electron chi connectivity index (χ4n) is 9.53. The molecule has 0 saturated carbocycles.